The number of aromatic nitrogens is 1. The van der Waals surface area contributed by atoms with Crippen LogP contribution in [0.5, 0.6) is 5.75 Å². The van der Waals surface area contributed by atoms with E-state index in [9.17, 15) is 10.1 Å². The number of nitro groups is 1. The van der Waals surface area contributed by atoms with Crippen LogP contribution in [0.3, 0.4) is 0 Å². The number of rotatable bonds is 3. The molecule has 0 atom stereocenters. The van der Waals surface area contributed by atoms with Crippen molar-refractivity contribution in [3.63, 3.8) is 0 Å². The highest BCUT2D eigenvalue weighted by Crippen LogP contribution is 2.22. The number of hydrogen-bond acceptors (Lipinski definition) is 4. The zero-order chi connectivity index (χ0) is 16.1. The van der Waals surface area contributed by atoms with Gasteiger partial charge in [0.05, 0.1) is 4.92 Å². The van der Waals surface area contributed by atoms with Gasteiger partial charge >= 0.3 is 0 Å². The Morgan fingerprint density at radius 2 is 1.87 bits per heavy atom. The summed E-state index contributed by atoms with van der Waals surface area (Å²) in [5.41, 5.74) is 1.55. The Hall–Kier alpha value is -3.39. The molecule has 2 aromatic carbocycles. The average molecular weight is 304 g/mol. The molecule has 3 rings (SSSR count). The highest BCUT2D eigenvalue weighted by atomic mass is 16.6. The van der Waals surface area contributed by atoms with E-state index in [4.69, 9.17) is 4.74 Å². The lowest BCUT2D eigenvalue weighted by Gasteiger charge is -2.05. The van der Waals surface area contributed by atoms with E-state index in [1.54, 1.807) is 18.3 Å². The fraction of sp³-hybridized carbons (Fsp3) is 0.0556. The van der Waals surface area contributed by atoms with Crippen LogP contribution < -0.4 is 4.74 Å². The van der Waals surface area contributed by atoms with Crippen LogP contribution in [0.1, 0.15) is 5.56 Å². The predicted octanol–water partition coefficient (Wildman–Crippen LogP) is 3.57. The highest BCUT2D eigenvalue weighted by molar-refractivity contribution is 5.84. The summed E-state index contributed by atoms with van der Waals surface area (Å²) in [7, 11) is 0. The first-order valence-electron chi connectivity index (χ1n) is 6.94. The number of fused-ring (bicyclic) bond motifs is 1. The van der Waals surface area contributed by atoms with Crippen molar-refractivity contribution in [2.75, 3.05) is 6.61 Å². The van der Waals surface area contributed by atoms with Gasteiger partial charge in [-0.2, -0.15) is 0 Å². The molecular weight excluding hydrogens is 292 g/mol. The van der Waals surface area contributed by atoms with Gasteiger partial charge in [-0.25, -0.2) is 0 Å². The lowest BCUT2D eigenvalue weighted by atomic mass is 10.2. The van der Waals surface area contributed by atoms with Crippen LogP contribution >= 0.6 is 0 Å². The van der Waals surface area contributed by atoms with E-state index in [1.807, 2.05) is 30.3 Å². The van der Waals surface area contributed by atoms with Crippen molar-refractivity contribution in [3.8, 4) is 17.6 Å². The number of ether oxygens (including phenoxy) is 1. The van der Waals surface area contributed by atoms with Crippen LogP contribution in [-0.2, 0) is 0 Å². The molecule has 5 heteroatoms. The molecule has 0 bridgehead atoms. The summed E-state index contributed by atoms with van der Waals surface area (Å²) in [6, 6.07) is 15.7. The fourth-order valence-corrected chi connectivity index (χ4v) is 2.11. The Labute approximate surface area is 132 Å². The molecule has 0 aliphatic carbocycles. The second-order valence-electron chi connectivity index (χ2n) is 4.73. The number of hydrogen-bond donors (Lipinski definition) is 0. The Kier molecular flexibility index (Phi) is 4.16. The van der Waals surface area contributed by atoms with E-state index in [2.05, 4.69) is 16.8 Å². The van der Waals surface area contributed by atoms with E-state index < -0.39 is 4.92 Å². The number of non-ortho nitro benzene ring substituents is 1. The molecule has 1 heterocycles. The molecule has 1 aromatic heterocycles. The second-order valence-corrected chi connectivity index (χ2v) is 4.73. The molecule has 0 amide bonds. The van der Waals surface area contributed by atoms with Gasteiger partial charge in [0.1, 0.15) is 17.9 Å². The van der Waals surface area contributed by atoms with Crippen molar-refractivity contribution in [2.24, 2.45) is 0 Å². The van der Waals surface area contributed by atoms with Crippen LogP contribution in [0.15, 0.2) is 60.8 Å². The standard InChI is InChI=1S/C18H12N2O3/c21-20(22)16-10-8-14(9-11-16)4-3-13-23-17-7-1-5-15-6-2-12-19-18(15)17/h1-2,5-12H,13H2. The molecule has 0 radical (unpaired) electrons. The topological polar surface area (TPSA) is 65.3 Å². The molecule has 0 unspecified atom stereocenters. The third kappa shape index (κ3) is 3.44. The van der Waals surface area contributed by atoms with Gasteiger partial charge < -0.3 is 4.74 Å². The highest BCUT2D eigenvalue weighted by Gasteiger charge is 2.03. The summed E-state index contributed by atoms with van der Waals surface area (Å²) >= 11 is 0. The van der Waals surface area contributed by atoms with Gasteiger partial charge in [0.25, 0.3) is 5.69 Å². The van der Waals surface area contributed by atoms with E-state index in [0.29, 0.717) is 11.3 Å². The number of benzene rings is 2. The van der Waals surface area contributed by atoms with Crippen LogP contribution in [0.25, 0.3) is 10.9 Å². The van der Waals surface area contributed by atoms with E-state index in [1.165, 1.54) is 12.1 Å². The van der Waals surface area contributed by atoms with Gasteiger partial charge in [0.2, 0.25) is 0 Å². The maximum Gasteiger partial charge on any atom is 0.269 e. The maximum absolute atomic E-state index is 10.6. The Morgan fingerprint density at radius 3 is 2.65 bits per heavy atom. The molecule has 0 fully saturated rings. The van der Waals surface area contributed by atoms with Gasteiger partial charge in [-0.15, -0.1) is 0 Å². The van der Waals surface area contributed by atoms with Gasteiger partial charge in [0, 0.05) is 29.3 Å². The van der Waals surface area contributed by atoms with E-state index >= 15 is 0 Å². The number of nitro benzene ring substituents is 1. The predicted molar refractivity (Wildman–Crippen MR) is 87.2 cm³/mol. The third-order valence-corrected chi connectivity index (χ3v) is 3.21. The molecule has 23 heavy (non-hydrogen) atoms. The molecule has 0 spiro atoms. The van der Waals surface area contributed by atoms with Crippen molar-refractivity contribution in [1.82, 2.24) is 4.98 Å². The fourth-order valence-electron chi connectivity index (χ4n) is 2.11. The first kappa shape index (κ1) is 14.5. The summed E-state index contributed by atoms with van der Waals surface area (Å²) < 4.78 is 5.66. The minimum Gasteiger partial charge on any atom is -0.479 e. The third-order valence-electron chi connectivity index (χ3n) is 3.21. The Morgan fingerprint density at radius 1 is 1.09 bits per heavy atom. The summed E-state index contributed by atoms with van der Waals surface area (Å²) in [4.78, 5) is 14.5. The van der Waals surface area contributed by atoms with Crippen LogP contribution in [0.2, 0.25) is 0 Å². The van der Waals surface area contributed by atoms with Crippen LogP contribution in [0.4, 0.5) is 5.69 Å². The van der Waals surface area contributed by atoms with Crippen molar-refractivity contribution in [1.29, 1.82) is 0 Å². The zero-order valence-electron chi connectivity index (χ0n) is 12.1. The van der Waals surface area contributed by atoms with Gasteiger partial charge in [-0.1, -0.05) is 30.0 Å². The summed E-state index contributed by atoms with van der Waals surface area (Å²) in [5, 5.41) is 11.6. The summed E-state index contributed by atoms with van der Waals surface area (Å²) in [6.07, 6.45) is 1.72. The molecule has 3 aromatic rings. The number of nitrogens with zero attached hydrogens (tertiary/aromatic N) is 2. The normalized spacial score (nSPS) is 9.91. The maximum atomic E-state index is 10.6. The zero-order valence-corrected chi connectivity index (χ0v) is 12.1. The van der Waals surface area contributed by atoms with Gasteiger partial charge in [0.15, 0.2) is 0 Å². The largest absolute Gasteiger partial charge is 0.479 e. The van der Waals surface area contributed by atoms with Crippen molar-refractivity contribution in [2.45, 2.75) is 0 Å². The minimum absolute atomic E-state index is 0.0497. The Bertz CT molecular complexity index is 903. The molecular formula is C18H12N2O3. The first-order chi connectivity index (χ1) is 11.2. The van der Waals surface area contributed by atoms with Crippen LogP contribution in [0, 0.1) is 22.0 Å². The van der Waals surface area contributed by atoms with Crippen LogP contribution in [-0.4, -0.2) is 16.5 Å². The second kappa shape index (κ2) is 6.58. The molecule has 0 saturated heterocycles. The van der Waals surface area contributed by atoms with Gasteiger partial charge in [-0.05, 0) is 24.3 Å². The molecule has 5 nitrogen and oxygen atoms in total. The SMILES string of the molecule is O=[N+]([O-])c1ccc(C#CCOc2cccc3cccnc23)cc1. The quantitative estimate of drug-likeness (QED) is 0.421. The smallest absolute Gasteiger partial charge is 0.269 e. The van der Waals surface area contributed by atoms with Crippen molar-refractivity contribution < 1.29 is 9.66 Å². The van der Waals surface area contributed by atoms with Crippen molar-refractivity contribution in [3.05, 3.63) is 76.5 Å². The first-order valence-corrected chi connectivity index (χ1v) is 6.94. The molecule has 0 aliphatic rings. The lowest BCUT2D eigenvalue weighted by molar-refractivity contribution is -0.384. The molecule has 0 saturated carbocycles. The lowest BCUT2D eigenvalue weighted by Crippen LogP contribution is -1.95. The monoisotopic (exact) mass is 304 g/mol. The molecule has 0 N–H and O–H groups in total. The minimum atomic E-state index is -0.437. The number of pyridine rings is 1. The van der Waals surface area contributed by atoms with Gasteiger partial charge in [-0.3, -0.25) is 15.1 Å². The summed E-state index contributed by atoms with van der Waals surface area (Å²) in [6.45, 7) is 0.215. The van der Waals surface area contributed by atoms with Crippen molar-refractivity contribution >= 4 is 16.6 Å². The summed E-state index contributed by atoms with van der Waals surface area (Å²) in [5.74, 6) is 6.49. The average Bonchev–Trinajstić information content (AvgIpc) is 2.59. The molecule has 0 aliphatic heterocycles. The van der Waals surface area contributed by atoms with E-state index in [-0.39, 0.29) is 12.3 Å². The Balaban J connectivity index is 1.68. The van der Waals surface area contributed by atoms with E-state index in [0.717, 1.165) is 10.9 Å². The molecule has 112 valence electrons. The number of para-hydroxylation sites is 1.